The molecule has 8 nitrogen and oxygen atoms in total. The van der Waals surface area contributed by atoms with Crippen molar-refractivity contribution in [2.24, 2.45) is 5.73 Å². The van der Waals surface area contributed by atoms with Crippen LogP contribution in [0.1, 0.15) is 42.2 Å². The van der Waals surface area contributed by atoms with Gasteiger partial charge in [0.25, 0.3) is 11.8 Å². The minimum atomic E-state index is -1.20. The standard InChI is InChI=1S/C25H21F2N5O3S2/c26-16-7-3-14(4-8-16)12-30-24(34)21(15-5-9-17(27)10-6-15)32(13-18-2-1-11-36-18)25(35)22-19(28)20(23(29)33)31-37-22/h1-11,21H,12-13,28H2,(H2,29,33)(H,30,34). The average molecular weight is 542 g/mol. The van der Waals surface area contributed by atoms with Crippen molar-refractivity contribution in [3.63, 3.8) is 0 Å². The first-order valence-corrected chi connectivity index (χ1v) is 12.6. The van der Waals surface area contributed by atoms with E-state index in [2.05, 4.69) is 9.69 Å². The number of nitrogen functional groups attached to an aromatic ring is 1. The zero-order chi connectivity index (χ0) is 26.5. The molecule has 0 aliphatic carbocycles. The summed E-state index contributed by atoms with van der Waals surface area (Å²) in [5.41, 5.74) is 11.9. The number of carbonyl (C=O) groups is 3. The van der Waals surface area contributed by atoms with Gasteiger partial charge in [0, 0.05) is 11.4 Å². The maximum Gasteiger partial charge on any atom is 0.270 e. The molecule has 3 amide bonds. The molecule has 1 unspecified atom stereocenters. The molecule has 1 atom stereocenters. The fraction of sp³-hybridized carbons (Fsp3) is 0.120. The van der Waals surface area contributed by atoms with E-state index in [0.29, 0.717) is 22.7 Å². The normalized spacial score (nSPS) is 11.6. The van der Waals surface area contributed by atoms with Crippen molar-refractivity contribution in [1.82, 2.24) is 14.6 Å². The summed E-state index contributed by atoms with van der Waals surface area (Å²) in [7, 11) is 0. The number of nitrogens with zero attached hydrogens (tertiary/aromatic N) is 2. The second-order valence-corrected chi connectivity index (χ2v) is 9.75. The van der Waals surface area contributed by atoms with Crippen LogP contribution in [0.2, 0.25) is 0 Å². The number of primary amides is 1. The van der Waals surface area contributed by atoms with Gasteiger partial charge in [-0.05, 0) is 58.4 Å². The molecule has 2 aromatic heterocycles. The number of hydrogen-bond donors (Lipinski definition) is 3. The summed E-state index contributed by atoms with van der Waals surface area (Å²) in [5.74, 6) is -3.02. The second-order valence-electron chi connectivity index (χ2n) is 7.95. The Kier molecular flexibility index (Phi) is 7.89. The lowest BCUT2D eigenvalue weighted by atomic mass is 10.0. The van der Waals surface area contributed by atoms with E-state index in [1.165, 1.54) is 64.8 Å². The highest BCUT2D eigenvalue weighted by Crippen LogP contribution is 2.31. The molecule has 0 bridgehead atoms. The number of anilines is 1. The van der Waals surface area contributed by atoms with Gasteiger partial charge in [-0.2, -0.15) is 4.37 Å². The molecule has 0 aliphatic heterocycles. The van der Waals surface area contributed by atoms with E-state index in [9.17, 15) is 23.2 Å². The predicted octanol–water partition coefficient (Wildman–Crippen LogP) is 3.86. The van der Waals surface area contributed by atoms with Gasteiger partial charge in [-0.25, -0.2) is 8.78 Å². The van der Waals surface area contributed by atoms with Crippen molar-refractivity contribution in [3.05, 3.63) is 104 Å². The Morgan fingerprint density at radius 1 is 1.00 bits per heavy atom. The largest absolute Gasteiger partial charge is 0.395 e. The maximum absolute atomic E-state index is 13.8. The van der Waals surface area contributed by atoms with Crippen molar-refractivity contribution in [2.45, 2.75) is 19.1 Å². The van der Waals surface area contributed by atoms with Gasteiger partial charge in [-0.3, -0.25) is 14.4 Å². The van der Waals surface area contributed by atoms with Gasteiger partial charge in [-0.15, -0.1) is 11.3 Å². The lowest BCUT2D eigenvalue weighted by molar-refractivity contribution is -0.126. The summed E-state index contributed by atoms with van der Waals surface area (Å²) in [4.78, 5) is 41.0. The van der Waals surface area contributed by atoms with Gasteiger partial charge in [0.15, 0.2) is 5.69 Å². The molecule has 37 heavy (non-hydrogen) atoms. The third kappa shape index (κ3) is 5.98. The molecule has 0 fully saturated rings. The zero-order valence-corrected chi connectivity index (χ0v) is 20.8. The Bertz CT molecular complexity index is 1410. The van der Waals surface area contributed by atoms with Gasteiger partial charge in [0.05, 0.1) is 12.2 Å². The van der Waals surface area contributed by atoms with Crippen LogP contribution < -0.4 is 16.8 Å². The second kappa shape index (κ2) is 11.3. The molecule has 2 aromatic carbocycles. The Morgan fingerprint density at radius 3 is 2.22 bits per heavy atom. The number of thiophene rings is 1. The Balaban J connectivity index is 1.74. The Hall–Kier alpha value is -4.16. The number of amides is 3. The summed E-state index contributed by atoms with van der Waals surface area (Å²) in [6.07, 6.45) is 0. The number of nitrogens with two attached hydrogens (primary N) is 2. The first-order chi connectivity index (χ1) is 17.7. The molecular weight excluding hydrogens is 520 g/mol. The van der Waals surface area contributed by atoms with Crippen LogP contribution in [-0.2, 0) is 17.9 Å². The fourth-order valence-corrected chi connectivity index (χ4v) is 5.08. The predicted molar refractivity (Wildman–Crippen MR) is 137 cm³/mol. The van der Waals surface area contributed by atoms with E-state index in [4.69, 9.17) is 11.5 Å². The Morgan fingerprint density at radius 2 is 1.65 bits per heavy atom. The molecule has 5 N–H and O–H groups in total. The number of benzene rings is 2. The molecule has 0 saturated carbocycles. The number of hydrogen-bond acceptors (Lipinski definition) is 7. The van der Waals surface area contributed by atoms with E-state index < -0.39 is 35.4 Å². The number of carbonyl (C=O) groups excluding carboxylic acids is 3. The van der Waals surface area contributed by atoms with Crippen LogP contribution in [-0.4, -0.2) is 27.0 Å². The Labute approximate surface area is 218 Å². The highest BCUT2D eigenvalue weighted by atomic mass is 32.1. The summed E-state index contributed by atoms with van der Waals surface area (Å²) in [5, 5.41) is 4.60. The molecule has 0 radical (unpaired) electrons. The van der Waals surface area contributed by atoms with E-state index in [1.54, 1.807) is 12.1 Å². The highest BCUT2D eigenvalue weighted by Gasteiger charge is 2.35. The smallest absolute Gasteiger partial charge is 0.270 e. The summed E-state index contributed by atoms with van der Waals surface area (Å²) < 4.78 is 30.9. The first kappa shape index (κ1) is 25.9. The molecule has 0 saturated heterocycles. The van der Waals surface area contributed by atoms with E-state index in [1.807, 2.05) is 5.38 Å². The van der Waals surface area contributed by atoms with Crippen LogP contribution in [0, 0.1) is 11.6 Å². The van der Waals surface area contributed by atoms with E-state index >= 15 is 0 Å². The van der Waals surface area contributed by atoms with Crippen LogP contribution in [0.25, 0.3) is 0 Å². The average Bonchev–Trinajstić information content (AvgIpc) is 3.53. The third-order valence-electron chi connectivity index (χ3n) is 5.45. The molecule has 190 valence electrons. The topological polar surface area (TPSA) is 131 Å². The fourth-order valence-electron chi connectivity index (χ4n) is 3.62. The van der Waals surface area contributed by atoms with Gasteiger partial charge in [0.2, 0.25) is 5.91 Å². The molecule has 0 spiro atoms. The van der Waals surface area contributed by atoms with Crippen LogP contribution in [0.3, 0.4) is 0 Å². The van der Waals surface area contributed by atoms with Crippen LogP contribution in [0.15, 0.2) is 66.0 Å². The third-order valence-corrected chi connectivity index (χ3v) is 7.16. The van der Waals surface area contributed by atoms with Crippen molar-refractivity contribution < 1.29 is 23.2 Å². The lowest BCUT2D eigenvalue weighted by Crippen LogP contribution is -2.43. The number of aromatic nitrogens is 1. The van der Waals surface area contributed by atoms with Crippen LogP contribution >= 0.6 is 22.9 Å². The van der Waals surface area contributed by atoms with Crippen molar-refractivity contribution in [3.8, 4) is 0 Å². The quantitative estimate of drug-likeness (QED) is 0.296. The van der Waals surface area contributed by atoms with Gasteiger partial charge in [-0.1, -0.05) is 30.3 Å². The lowest BCUT2D eigenvalue weighted by Gasteiger charge is -2.31. The van der Waals surface area contributed by atoms with Crippen LogP contribution in [0.4, 0.5) is 14.5 Å². The summed E-state index contributed by atoms with van der Waals surface area (Å²) >= 11 is 2.08. The van der Waals surface area contributed by atoms with E-state index in [-0.39, 0.29) is 29.3 Å². The first-order valence-electron chi connectivity index (χ1n) is 10.9. The zero-order valence-electron chi connectivity index (χ0n) is 19.2. The highest BCUT2D eigenvalue weighted by molar-refractivity contribution is 7.10. The molecule has 12 heteroatoms. The summed E-state index contributed by atoms with van der Waals surface area (Å²) in [6, 6.07) is 13.2. The molecule has 4 aromatic rings. The van der Waals surface area contributed by atoms with Crippen molar-refractivity contribution >= 4 is 46.3 Å². The van der Waals surface area contributed by atoms with Gasteiger partial charge < -0.3 is 21.7 Å². The molecule has 2 heterocycles. The maximum atomic E-state index is 13.8. The molecular formula is C25H21F2N5O3S2. The monoisotopic (exact) mass is 541 g/mol. The molecule has 4 rings (SSSR count). The minimum absolute atomic E-state index is 0.0196. The van der Waals surface area contributed by atoms with Gasteiger partial charge in [0.1, 0.15) is 22.6 Å². The van der Waals surface area contributed by atoms with Gasteiger partial charge >= 0.3 is 0 Å². The van der Waals surface area contributed by atoms with Crippen molar-refractivity contribution in [2.75, 3.05) is 5.73 Å². The SMILES string of the molecule is NC(=O)c1nsc(C(=O)N(Cc2cccs2)C(C(=O)NCc2ccc(F)cc2)c2ccc(F)cc2)c1N. The number of nitrogens with one attached hydrogen (secondary N) is 1. The summed E-state index contributed by atoms with van der Waals surface area (Å²) in [6.45, 7) is 0.0815. The minimum Gasteiger partial charge on any atom is -0.395 e. The number of halogens is 2. The van der Waals surface area contributed by atoms with Crippen LogP contribution in [0.5, 0.6) is 0 Å². The molecule has 0 aliphatic rings. The van der Waals surface area contributed by atoms with Crippen molar-refractivity contribution in [1.29, 1.82) is 0 Å². The van der Waals surface area contributed by atoms with E-state index in [0.717, 1.165) is 4.88 Å². The number of rotatable bonds is 9.